The van der Waals surface area contributed by atoms with Gasteiger partial charge in [-0.25, -0.2) is 0 Å². The van der Waals surface area contributed by atoms with Gasteiger partial charge < -0.3 is 18.0 Å². The van der Waals surface area contributed by atoms with Gasteiger partial charge in [-0.15, -0.1) is 0 Å². The zero-order valence-corrected chi connectivity index (χ0v) is 18.3. The lowest BCUT2D eigenvalue weighted by atomic mass is 10.2. The molecule has 0 aromatic carbocycles. The van der Waals surface area contributed by atoms with E-state index in [2.05, 4.69) is 58.9 Å². The quantitative estimate of drug-likeness (QED) is 0.656. The Labute approximate surface area is 133 Å². The Hall–Kier alpha value is 0.491. The largest absolute Gasteiger partial charge is 0.415 e. The summed E-state index contributed by atoms with van der Waals surface area (Å²) in [4.78, 5) is 0. The SMILES string of the molecule is C[Si](C)(C)OC[C@@H]1OC[C@H](O[Si](C)(C)C)[C@@H]1O[Si](C)(C)C. The van der Waals surface area contributed by atoms with Gasteiger partial charge in [0.2, 0.25) is 0 Å². The molecule has 0 amide bonds. The first-order chi connectivity index (χ1) is 9.27. The average Bonchev–Trinajstić information content (AvgIpc) is 2.52. The molecule has 1 rings (SSSR count). The van der Waals surface area contributed by atoms with Gasteiger partial charge in [-0.05, 0) is 58.9 Å². The van der Waals surface area contributed by atoms with Crippen molar-refractivity contribution in [1.82, 2.24) is 0 Å². The Morgan fingerprint density at radius 1 is 0.810 bits per heavy atom. The molecule has 0 saturated carbocycles. The summed E-state index contributed by atoms with van der Waals surface area (Å²) in [7, 11) is -4.79. The maximum absolute atomic E-state index is 6.38. The van der Waals surface area contributed by atoms with Gasteiger partial charge in [-0.2, -0.15) is 0 Å². The molecule has 7 heteroatoms. The first kappa shape index (κ1) is 19.5. The summed E-state index contributed by atoms with van der Waals surface area (Å²) in [5.41, 5.74) is 0. The lowest BCUT2D eigenvalue weighted by Crippen LogP contribution is -2.48. The second kappa shape index (κ2) is 6.94. The molecule has 1 heterocycles. The molecule has 0 aliphatic carbocycles. The van der Waals surface area contributed by atoms with Crippen LogP contribution in [0, 0.1) is 0 Å². The Balaban J connectivity index is 2.74. The topological polar surface area (TPSA) is 36.9 Å². The summed E-state index contributed by atoms with van der Waals surface area (Å²) in [6, 6.07) is 0. The van der Waals surface area contributed by atoms with Crippen LogP contribution < -0.4 is 0 Å². The van der Waals surface area contributed by atoms with Gasteiger partial charge in [0.15, 0.2) is 25.0 Å². The summed E-state index contributed by atoms with van der Waals surface area (Å²) < 4.78 is 24.7. The maximum atomic E-state index is 6.38. The lowest BCUT2D eigenvalue weighted by Gasteiger charge is -2.33. The Bertz CT molecular complexity index is 331. The third-order valence-corrected chi connectivity index (χ3v) is 5.90. The van der Waals surface area contributed by atoms with Gasteiger partial charge in [0.1, 0.15) is 12.2 Å². The summed E-state index contributed by atoms with van der Waals surface area (Å²) in [5.74, 6) is 0. The molecule has 1 aliphatic heterocycles. The van der Waals surface area contributed by atoms with E-state index in [1.54, 1.807) is 0 Å². The standard InChI is InChI=1S/C14H34O4Si3/c1-19(2,3)16-11-12-14(18-21(7,8)9)13(10-15-12)17-20(4,5)6/h12-14H,10-11H2,1-9H3/t12-,13-,14+/m0/s1. The van der Waals surface area contributed by atoms with Crippen LogP contribution in [0.25, 0.3) is 0 Å². The first-order valence-corrected chi connectivity index (χ1v) is 18.1. The van der Waals surface area contributed by atoms with Crippen molar-refractivity contribution in [2.45, 2.75) is 77.2 Å². The minimum Gasteiger partial charge on any atom is -0.415 e. The van der Waals surface area contributed by atoms with Crippen molar-refractivity contribution in [2.75, 3.05) is 13.2 Å². The van der Waals surface area contributed by atoms with Crippen molar-refractivity contribution >= 4 is 25.0 Å². The summed E-state index contributed by atoms with van der Waals surface area (Å²) in [5, 5.41) is 0. The molecule has 0 radical (unpaired) electrons. The third kappa shape index (κ3) is 8.06. The molecule has 0 N–H and O–H groups in total. The molecule has 0 aromatic rings. The van der Waals surface area contributed by atoms with E-state index in [1.165, 1.54) is 0 Å². The predicted octanol–water partition coefficient (Wildman–Crippen LogP) is 3.68. The number of hydrogen-bond donors (Lipinski definition) is 0. The van der Waals surface area contributed by atoms with Crippen molar-refractivity contribution < 1.29 is 18.0 Å². The van der Waals surface area contributed by atoms with E-state index in [9.17, 15) is 0 Å². The van der Waals surface area contributed by atoms with Gasteiger partial charge in [0.05, 0.1) is 19.3 Å². The lowest BCUT2D eigenvalue weighted by molar-refractivity contribution is 0.00936. The summed E-state index contributed by atoms with van der Waals surface area (Å²) in [6.07, 6.45) is 0.0724. The van der Waals surface area contributed by atoms with Crippen molar-refractivity contribution in [1.29, 1.82) is 0 Å². The highest BCUT2D eigenvalue weighted by Gasteiger charge is 2.43. The monoisotopic (exact) mass is 350 g/mol. The average molecular weight is 351 g/mol. The van der Waals surface area contributed by atoms with E-state index in [-0.39, 0.29) is 18.3 Å². The molecule has 3 atom stereocenters. The molecular formula is C14H34O4Si3. The second-order valence-electron chi connectivity index (χ2n) is 8.76. The van der Waals surface area contributed by atoms with E-state index < -0.39 is 25.0 Å². The van der Waals surface area contributed by atoms with Crippen molar-refractivity contribution in [3.8, 4) is 0 Å². The first-order valence-electron chi connectivity index (χ1n) is 7.88. The van der Waals surface area contributed by atoms with Gasteiger partial charge in [-0.3, -0.25) is 0 Å². The van der Waals surface area contributed by atoms with Crippen LogP contribution in [0.5, 0.6) is 0 Å². The Morgan fingerprint density at radius 2 is 1.33 bits per heavy atom. The number of rotatable bonds is 7. The Kier molecular flexibility index (Phi) is 6.46. The smallest absolute Gasteiger partial charge is 0.184 e. The molecule has 1 saturated heterocycles. The fraction of sp³-hybridized carbons (Fsp3) is 1.00. The zero-order valence-electron chi connectivity index (χ0n) is 15.3. The van der Waals surface area contributed by atoms with Crippen molar-refractivity contribution in [3.63, 3.8) is 0 Å². The second-order valence-corrected chi connectivity index (χ2v) is 22.2. The minimum absolute atomic E-state index is 0.00444. The van der Waals surface area contributed by atoms with Crippen LogP contribution in [0.4, 0.5) is 0 Å². The van der Waals surface area contributed by atoms with Gasteiger partial charge >= 0.3 is 0 Å². The van der Waals surface area contributed by atoms with Crippen LogP contribution in [-0.4, -0.2) is 56.5 Å². The normalized spacial score (nSPS) is 28.1. The third-order valence-electron chi connectivity index (χ3n) is 2.88. The van der Waals surface area contributed by atoms with Gasteiger partial charge in [-0.1, -0.05) is 0 Å². The molecular weight excluding hydrogens is 316 g/mol. The van der Waals surface area contributed by atoms with Crippen molar-refractivity contribution in [2.24, 2.45) is 0 Å². The van der Waals surface area contributed by atoms with E-state index in [0.29, 0.717) is 13.2 Å². The van der Waals surface area contributed by atoms with E-state index in [0.717, 1.165) is 0 Å². The maximum Gasteiger partial charge on any atom is 0.184 e. The van der Waals surface area contributed by atoms with Crippen molar-refractivity contribution in [3.05, 3.63) is 0 Å². The minimum atomic E-state index is -1.64. The molecule has 0 unspecified atom stereocenters. The highest BCUT2D eigenvalue weighted by Crippen LogP contribution is 2.27. The van der Waals surface area contributed by atoms with Crippen LogP contribution in [0.1, 0.15) is 0 Å². The zero-order chi connectivity index (χ0) is 16.5. The van der Waals surface area contributed by atoms with Gasteiger partial charge in [0, 0.05) is 0 Å². The Morgan fingerprint density at radius 3 is 1.76 bits per heavy atom. The van der Waals surface area contributed by atoms with Crippen LogP contribution in [0.2, 0.25) is 58.9 Å². The molecule has 4 nitrogen and oxygen atoms in total. The summed E-state index contributed by atoms with van der Waals surface area (Å²) in [6.45, 7) is 21.1. The fourth-order valence-corrected chi connectivity index (χ4v) is 5.13. The summed E-state index contributed by atoms with van der Waals surface area (Å²) >= 11 is 0. The molecule has 0 aromatic heterocycles. The predicted molar refractivity (Wildman–Crippen MR) is 95.5 cm³/mol. The highest BCUT2D eigenvalue weighted by atomic mass is 28.4. The van der Waals surface area contributed by atoms with E-state index >= 15 is 0 Å². The van der Waals surface area contributed by atoms with Gasteiger partial charge in [0.25, 0.3) is 0 Å². The molecule has 0 spiro atoms. The fourth-order valence-electron chi connectivity index (χ4n) is 2.24. The molecule has 1 fully saturated rings. The van der Waals surface area contributed by atoms with Crippen LogP contribution in [0.3, 0.4) is 0 Å². The molecule has 21 heavy (non-hydrogen) atoms. The molecule has 126 valence electrons. The molecule has 0 bridgehead atoms. The van der Waals surface area contributed by atoms with Crippen LogP contribution in [0.15, 0.2) is 0 Å². The highest BCUT2D eigenvalue weighted by molar-refractivity contribution is 6.70. The number of ether oxygens (including phenoxy) is 1. The molecule has 1 aliphatic rings. The van der Waals surface area contributed by atoms with E-state index in [4.69, 9.17) is 18.0 Å². The van der Waals surface area contributed by atoms with Crippen LogP contribution >= 0.6 is 0 Å². The number of hydrogen-bond acceptors (Lipinski definition) is 4. The van der Waals surface area contributed by atoms with Crippen LogP contribution in [-0.2, 0) is 18.0 Å². The van der Waals surface area contributed by atoms with E-state index in [1.807, 2.05) is 0 Å².